The number of benzene rings is 3. The fourth-order valence-electron chi connectivity index (χ4n) is 4.82. The lowest BCUT2D eigenvalue weighted by atomic mass is 9.84. The number of rotatable bonds is 7. The molecule has 0 radical (unpaired) electrons. The number of anilines is 1. The van der Waals surface area contributed by atoms with Crippen LogP contribution < -0.4 is 10.1 Å². The molecule has 1 saturated carbocycles. The molecule has 1 fully saturated rings. The second-order valence-corrected chi connectivity index (χ2v) is 9.20. The number of carbonyl (C=O) groups excluding carboxylic acids is 1. The summed E-state index contributed by atoms with van der Waals surface area (Å²) in [6.07, 6.45) is 7.91. The molecular weight excluding hydrogens is 438 g/mol. The van der Waals surface area contributed by atoms with Crippen molar-refractivity contribution in [2.75, 3.05) is 12.4 Å². The first-order chi connectivity index (χ1) is 17.2. The minimum atomic E-state index is -0.466. The Labute approximate surface area is 205 Å². The van der Waals surface area contributed by atoms with Gasteiger partial charge in [-0.2, -0.15) is 5.10 Å². The van der Waals surface area contributed by atoms with E-state index in [2.05, 4.69) is 34.7 Å². The van der Waals surface area contributed by atoms with Gasteiger partial charge in [0.2, 0.25) is 0 Å². The number of nitrogens with zero attached hydrogens (tertiary/aromatic N) is 2. The van der Waals surface area contributed by atoms with E-state index in [-0.39, 0.29) is 6.61 Å². The molecule has 6 heteroatoms. The molecular formula is C29H31N3O3. The molecule has 0 atom stereocenters. The van der Waals surface area contributed by atoms with Crippen LogP contribution in [-0.2, 0) is 17.9 Å². The molecule has 1 amide bonds. The van der Waals surface area contributed by atoms with Gasteiger partial charge in [0.25, 0.3) is 0 Å². The lowest BCUT2D eigenvalue weighted by Crippen LogP contribution is -2.13. The van der Waals surface area contributed by atoms with E-state index in [4.69, 9.17) is 9.47 Å². The van der Waals surface area contributed by atoms with Crippen LogP contribution >= 0.6 is 0 Å². The molecule has 1 aliphatic carbocycles. The number of carbonyl (C=O) groups is 1. The molecule has 4 aromatic rings. The summed E-state index contributed by atoms with van der Waals surface area (Å²) in [6.45, 7) is 0.903. The zero-order chi connectivity index (χ0) is 24.0. The zero-order valence-electron chi connectivity index (χ0n) is 20.1. The summed E-state index contributed by atoms with van der Waals surface area (Å²) in [5.74, 6) is 1.51. The van der Waals surface area contributed by atoms with Gasteiger partial charge in [0.05, 0.1) is 25.4 Å². The molecule has 0 bridgehead atoms. The van der Waals surface area contributed by atoms with E-state index in [0.29, 0.717) is 18.2 Å². The van der Waals surface area contributed by atoms with E-state index >= 15 is 0 Å². The van der Waals surface area contributed by atoms with Crippen LogP contribution in [0.2, 0.25) is 0 Å². The van der Waals surface area contributed by atoms with Gasteiger partial charge in [-0.25, -0.2) is 4.79 Å². The summed E-state index contributed by atoms with van der Waals surface area (Å²) in [7, 11) is 1.66. The Bertz CT molecular complexity index is 1270. The summed E-state index contributed by atoms with van der Waals surface area (Å²) in [5.41, 5.74) is 5.21. The summed E-state index contributed by atoms with van der Waals surface area (Å²) in [5, 5.41) is 8.29. The standard InChI is InChI=1S/C29H31N3O3/c1-34-27-14-9-21(10-15-27)19-32-28-16-13-26(17-25(28)18-30-32)31-29(33)35-20-22-7-11-24(12-8-22)23-5-3-2-4-6-23/h7-18,23H,2-6,19-20H2,1H3,(H,31,33). The monoisotopic (exact) mass is 469 g/mol. The van der Waals surface area contributed by atoms with E-state index in [1.165, 1.54) is 37.7 Å². The Morgan fingerprint density at radius 1 is 0.971 bits per heavy atom. The molecule has 3 aromatic carbocycles. The molecule has 0 aliphatic heterocycles. The van der Waals surface area contributed by atoms with Crippen molar-refractivity contribution in [3.8, 4) is 5.75 Å². The van der Waals surface area contributed by atoms with Crippen LogP contribution in [0, 0.1) is 0 Å². The van der Waals surface area contributed by atoms with Crippen molar-refractivity contribution in [2.45, 2.75) is 51.2 Å². The predicted octanol–water partition coefficient (Wildman–Crippen LogP) is 6.89. The fourth-order valence-corrected chi connectivity index (χ4v) is 4.82. The maximum atomic E-state index is 12.4. The highest BCUT2D eigenvalue weighted by atomic mass is 16.5. The molecule has 5 rings (SSSR count). The van der Waals surface area contributed by atoms with Crippen molar-refractivity contribution < 1.29 is 14.3 Å². The van der Waals surface area contributed by atoms with Crippen molar-refractivity contribution in [3.05, 3.63) is 89.6 Å². The molecule has 1 N–H and O–H groups in total. The highest BCUT2D eigenvalue weighted by Gasteiger charge is 2.15. The number of hydrogen-bond acceptors (Lipinski definition) is 4. The lowest BCUT2D eigenvalue weighted by Gasteiger charge is -2.22. The number of methoxy groups -OCH3 is 1. The van der Waals surface area contributed by atoms with Gasteiger partial charge in [-0.05, 0) is 65.8 Å². The van der Waals surface area contributed by atoms with Gasteiger partial charge in [0, 0.05) is 11.1 Å². The quantitative estimate of drug-likeness (QED) is 0.320. The zero-order valence-corrected chi connectivity index (χ0v) is 20.1. The maximum Gasteiger partial charge on any atom is 0.411 e. The van der Waals surface area contributed by atoms with E-state index in [1.807, 2.05) is 53.3 Å². The molecule has 6 nitrogen and oxygen atoms in total. The number of fused-ring (bicyclic) bond motifs is 1. The van der Waals surface area contributed by atoms with Crippen molar-refractivity contribution in [1.29, 1.82) is 0 Å². The Kier molecular flexibility index (Phi) is 6.98. The van der Waals surface area contributed by atoms with Gasteiger partial charge in [0.1, 0.15) is 12.4 Å². The topological polar surface area (TPSA) is 65.4 Å². The minimum absolute atomic E-state index is 0.249. The molecule has 180 valence electrons. The van der Waals surface area contributed by atoms with E-state index in [1.54, 1.807) is 7.11 Å². The maximum absolute atomic E-state index is 12.4. The Morgan fingerprint density at radius 3 is 2.46 bits per heavy atom. The molecule has 35 heavy (non-hydrogen) atoms. The minimum Gasteiger partial charge on any atom is -0.497 e. The first-order valence-corrected chi connectivity index (χ1v) is 12.3. The molecule has 0 spiro atoms. The second-order valence-electron chi connectivity index (χ2n) is 9.20. The molecule has 1 aliphatic rings. The van der Waals surface area contributed by atoms with E-state index < -0.39 is 6.09 Å². The van der Waals surface area contributed by atoms with Crippen LogP contribution in [0.25, 0.3) is 10.9 Å². The van der Waals surface area contributed by atoms with Crippen molar-refractivity contribution in [3.63, 3.8) is 0 Å². The highest BCUT2D eigenvalue weighted by molar-refractivity contribution is 5.89. The Balaban J connectivity index is 1.16. The van der Waals surface area contributed by atoms with E-state index in [0.717, 1.165) is 27.8 Å². The van der Waals surface area contributed by atoms with Crippen LogP contribution in [-0.4, -0.2) is 23.0 Å². The number of ether oxygens (including phenoxy) is 2. The first-order valence-electron chi connectivity index (χ1n) is 12.3. The summed E-state index contributed by atoms with van der Waals surface area (Å²) in [6, 6.07) is 22.2. The third-order valence-electron chi connectivity index (χ3n) is 6.81. The number of aromatic nitrogens is 2. The molecule has 0 saturated heterocycles. The summed E-state index contributed by atoms with van der Waals surface area (Å²) >= 11 is 0. The SMILES string of the molecule is COc1ccc(Cn2ncc3cc(NC(=O)OCc4ccc(C5CCCCC5)cc4)ccc32)cc1. The largest absolute Gasteiger partial charge is 0.497 e. The molecule has 0 unspecified atom stereocenters. The highest BCUT2D eigenvalue weighted by Crippen LogP contribution is 2.32. The van der Waals surface area contributed by atoms with Gasteiger partial charge in [-0.1, -0.05) is 55.7 Å². The van der Waals surface area contributed by atoms with Crippen LogP contribution in [0.15, 0.2) is 72.9 Å². The second kappa shape index (κ2) is 10.6. The smallest absolute Gasteiger partial charge is 0.411 e. The van der Waals surface area contributed by atoms with Crippen molar-refractivity contribution >= 4 is 22.7 Å². The summed E-state index contributed by atoms with van der Waals surface area (Å²) < 4.78 is 12.6. The van der Waals surface area contributed by atoms with Gasteiger partial charge < -0.3 is 9.47 Å². The molecule has 1 aromatic heterocycles. The third-order valence-corrected chi connectivity index (χ3v) is 6.81. The lowest BCUT2D eigenvalue weighted by molar-refractivity contribution is 0.155. The van der Waals surface area contributed by atoms with Gasteiger partial charge in [-0.15, -0.1) is 0 Å². The number of nitrogens with one attached hydrogen (secondary N) is 1. The third kappa shape index (κ3) is 5.65. The van der Waals surface area contributed by atoms with Gasteiger partial charge in [0.15, 0.2) is 0 Å². The average Bonchev–Trinajstić information content (AvgIpc) is 3.30. The van der Waals surface area contributed by atoms with Crippen LogP contribution in [0.1, 0.15) is 54.7 Å². The van der Waals surface area contributed by atoms with E-state index in [9.17, 15) is 4.79 Å². The first kappa shape index (κ1) is 23.0. The normalized spacial score (nSPS) is 14.1. The summed E-state index contributed by atoms with van der Waals surface area (Å²) in [4.78, 5) is 12.4. The number of amides is 1. The fraction of sp³-hybridized carbons (Fsp3) is 0.310. The van der Waals surface area contributed by atoms with Crippen LogP contribution in [0.5, 0.6) is 5.75 Å². The molecule has 1 heterocycles. The number of hydrogen-bond donors (Lipinski definition) is 1. The van der Waals surface area contributed by atoms with Crippen LogP contribution in [0.4, 0.5) is 10.5 Å². The van der Waals surface area contributed by atoms with Crippen molar-refractivity contribution in [1.82, 2.24) is 9.78 Å². The van der Waals surface area contributed by atoms with Gasteiger partial charge >= 0.3 is 6.09 Å². The predicted molar refractivity (Wildman–Crippen MR) is 138 cm³/mol. The Morgan fingerprint density at radius 2 is 1.71 bits per heavy atom. The van der Waals surface area contributed by atoms with Gasteiger partial charge in [-0.3, -0.25) is 10.00 Å². The van der Waals surface area contributed by atoms with Crippen LogP contribution in [0.3, 0.4) is 0 Å². The Hall–Kier alpha value is -3.80. The average molecular weight is 470 g/mol. The van der Waals surface area contributed by atoms with Crippen molar-refractivity contribution in [2.24, 2.45) is 0 Å².